The number of carbonyl (C=O) groups excluding carboxylic acids is 1. The Morgan fingerprint density at radius 1 is 1.03 bits per heavy atom. The maximum absolute atomic E-state index is 13.8. The normalized spacial score (nSPS) is 12.8. The first-order valence-electron chi connectivity index (χ1n) is 12.2. The molecular formula is C29H28ClF2N3O2S. The van der Waals surface area contributed by atoms with Crippen molar-refractivity contribution in [2.24, 2.45) is 0 Å². The summed E-state index contributed by atoms with van der Waals surface area (Å²) in [4.78, 5) is 17.5. The molecule has 0 saturated carbocycles. The van der Waals surface area contributed by atoms with E-state index in [4.69, 9.17) is 11.6 Å². The van der Waals surface area contributed by atoms with Crippen molar-refractivity contribution in [1.29, 1.82) is 0 Å². The van der Waals surface area contributed by atoms with Crippen molar-refractivity contribution in [3.05, 3.63) is 111 Å². The monoisotopic (exact) mass is 555 g/mol. The number of hydrogen-bond donors (Lipinski definition) is 3. The van der Waals surface area contributed by atoms with Crippen LogP contribution in [0.2, 0.25) is 5.02 Å². The molecule has 0 aliphatic heterocycles. The first kappa shape index (κ1) is 27.9. The van der Waals surface area contributed by atoms with Crippen molar-refractivity contribution in [2.45, 2.75) is 38.5 Å². The Morgan fingerprint density at radius 2 is 1.76 bits per heavy atom. The maximum Gasteiger partial charge on any atom is 0.271 e. The van der Waals surface area contributed by atoms with Gasteiger partial charge in [-0.25, -0.2) is 13.8 Å². The molecule has 38 heavy (non-hydrogen) atoms. The fourth-order valence-corrected chi connectivity index (χ4v) is 5.23. The third-order valence-electron chi connectivity index (χ3n) is 6.08. The largest absolute Gasteiger partial charge is 0.390 e. The number of nitrogens with zero attached hydrogens (tertiary/aromatic N) is 1. The molecule has 0 aliphatic carbocycles. The van der Waals surface area contributed by atoms with Crippen molar-refractivity contribution >= 4 is 28.8 Å². The number of aliphatic hydroxyl groups is 1. The van der Waals surface area contributed by atoms with Crippen LogP contribution in [0.15, 0.2) is 72.1 Å². The molecule has 9 heteroatoms. The van der Waals surface area contributed by atoms with E-state index in [1.165, 1.54) is 29.0 Å². The van der Waals surface area contributed by atoms with Gasteiger partial charge in [-0.15, -0.1) is 11.3 Å². The van der Waals surface area contributed by atoms with E-state index in [1.807, 2.05) is 30.3 Å². The maximum atomic E-state index is 13.8. The molecule has 4 rings (SSSR count). The van der Waals surface area contributed by atoms with Gasteiger partial charge in [0.2, 0.25) is 0 Å². The lowest BCUT2D eigenvalue weighted by Crippen LogP contribution is -2.48. The second kappa shape index (κ2) is 13.1. The molecule has 2 atom stereocenters. The average molecular weight is 556 g/mol. The van der Waals surface area contributed by atoms with E-state index < -0.39 is 29.7 Å². The molecule has 0 spiro atoms. The number of aromatic nitrogens is 1. The van der Waals surface area contributed by atoms with E-state index in [1.54, 1.807) is 11.4 Å². The number of rotatable bonds is 11. The minimum Gasteiger partial charge on any atom is -0.390 e. The number of aliphatic hydroxyl groups excluding tert-OH is 1. The van der Waals surface area contributed by atoms with Gasteiger partial charge in [0.25, 0.3) is 5.91 Å². The highest BCUT2D eigenvalue weighted by Gasteiger charge is 2.24. The van der Waals surface area contributed by atoms with Gasteiger partial charge in [-0.3, -0.25) is 4.79 Å². The van der Waals surface area contributed by atoms with E-state index >= 15 is 0 Å². The lowest BCUT2D eigenvalue weighted by molar-refractivity contribution is 0.0826. The summed E-state index contributed by atoms with van der Waals surface area (Å²) < 4.78 is 27.7. The summed E-state index contributed by atoms with van der Waals surface area (Å²) >= 11 is 7.54. The van der Waals surface area contributed by atoms with Crippen LogP contribution in [0.5, 0.6) is 0 Å². The van der Waals surface area contributed by atoms with Crippen LogP contribution in [0, 0.1) is 11.6 Å². The molecule has 1 amide bonds. The number of carbonyl (C=O) groups is 1. The Balaban J connectivity index is 1.47. The van der Waals surface area contributed by atoms with Gasteiger partial charge in [-0.2, -0.15) is 0 Å². The number of hydrogen-bond acceptors (Lipinski definition) is 5. The van der Waals surface area contributed by atoms with Gasteiger partial charge in [-0.1, -0.05) is 61.0 Å². The predicted molar refractivity (Wildman–Crippen MR) is 147 cm³/mol. The molecule has 4 aromatic rings. The van der Waals surface area contributed by atoms with Crippen LogP contribution in [-0.4, -0.2) is 34.7 Å². The van der Waals surface area contributed by atoms with E-state index in [0.717, 1.165) is 18.1 Å². The van der Waals surface area contributed by atoms with Crippen LogP contribution >= 0.6 is 22.9 Å². The van der Waals surface area contributed by atoms with Gasteiger partial charge >= 0.3 is 0 Å². The fourth-order valence-electron chi connectivity index (χ4n) is 4.11. The van der Waals surface area contributed by atoms with Crippen LogP contribution in [0.25, 0.3) is 10.6 Å². The summed E-state index contributed by atoms with van der Waals surface area (Å²) in [6, 6.07) is 17.7. The Labute approximate surface area is 229 Å². The van der Waals surface area contributed by atoms with Crippen LogP contribution in [0.1, 0.15) is 34.1 Å². The van der Waals surface area contributed by atoms with Gasteiger partial charge in [0, 0.05) is 30.1 Å². The second-order valence-corrected chi connectivity index (χ2v) is 10.2. The van der Waals surface area contributed by atoms with Crippen molar-refractivity contribution in [3.8, 4) is 10.6 Å². The van der Waals surface area contributed by atoms with E-state index in [2.05, 4.69) is 34.7 Å². The third kappa shape index (κ3) is 7.45. The van der Waals surface area contributed by atoms with Gasteiger partial charge in [-0.05, 0) is 47.7 Å². The zero-order chi connectivity index (χ0) is 27.1. The highest BCUT2D eigenvalue weighted by molar-refractivity contribution is 7.13. The zero-order valence-electron chi connectivity index (χ0n) is 20.8. The molecule has 3 aromatic carbocycles. The van der Waals surface area contributed by atoms with Crippen molar-refractivity contribution in [3.63, 3.8) is 0 Å². The molecular weight excluding hydrogens is 528 g/mol. The highest BCUT2D eigenvalue weighted by atomic mass is 35.5. The molecule has 5 nitrogen and oxygen atoms in total. The third-order valence-corrected chi connectivity index (χ3v) is 7.29. The van der Waals surface area contributed by atoms with Gasteiger partial charge in [0.1, 0.15) is 22.3 Å². The first-order chi connectivity index (χ1) is 18.3. The highest BCUT2D eigenvalue weighted by Crippen LogP contribution is 2.30. The summed E-state index contributed by atoms with van der Waals surface area (Å²) in [5.74, 6) is -1.95. The van der Waals surface area contributed by atoms with Crippen LogP contribution in [0.4, 0.5) is 8.78 Å². The summed E-state index contributed by atoms with van der Waals surface area (Å²) in [5.41, 5.74) is 3.47. The Morgan fingerprint density at radius 3 is 2.50 bits per heavy atom. The number of aryl methyl sites for hydroxylation is 1. The van der Waals surface area contributed by atoms with Crippen molar-refractivity contribution < 1.29 is 18.7 Å². The Kier molecular flexibility index (Phi) is 9.58. The minimum atomic E-state index is -1.04. The number of benzene rings is 3. The van der Waals surface area contributed by atoms with Crippen molar-refractivity contribution in [1.82, 2.24) is 15.6 Å². The van der Waals surface area contributed by atoms with Crippen LogP contribution in [0.3, 0.4) is 0 Å². The molecule has 0 fully saturated rings. The SMILES string of the molecule is CCc1cccc(CNC[C@H](O)[C@@H](Cc2cc(F)cc(F)c2)NC(=O)c2csc(-c3ccccc3Cl)n2)c1. The molecule has 3 N–H and O–H groups in total. The molecule has 1 heterocycles. The van der Waals surface area contributed by atoms with E-state index in [9.17, 15) is 18.7 Å². The Bertz CT molecular complexity index is 1380. The van der Waals surface area contributed by atoms with Crippen LogP contribution < -0.4 is 10.6 Å². The summed E-state index contributed by atoms with van der Waals surface area (Å²) in [5, 5.41) is 19.7. The lowest BCUT2D eigenvalue weighted by Gasteiger charge is -2.24. The smallest absolute Gasteiger partial charge is 0.271 e. The zero-order valence-corrected chi connectivity index (χ0v) is 22.3. The molecule has 0 unspecified atom stereocenters. The molecule has 0 aliphatic rings. The topological polar surface area (TPSA) is 74.2 Å². The quantitative estimate of drug-likeness (QED) is 0.219. The number of thiazole rings is 1. The summed E-state index contributed by atoms with van der Waals surface area (Å²) in [7, 11) is 0. The summed E-state index contributed by atoms with van der Waals surface area (Å²) in [6.07, 6.45) is -0.0963. The second-order valence-electron chi connectivity index (χ2n) is 8.95. The molecule has 0 bridgehead atoms. The number of amides is 1. The predicted octanol–water partition coefficient (Wildman–Crippen LogP) is 5.80. The minimum absolute atomic E-state index is 0.0239. The van der Waals surface area contributed by atoms with Crippen molar-refractivity contribution in [2.75, 3.05) is 6.54 Å². The van der Waals surface area contributed by atoms with Gasteiger partial charge in [0.05, 0.1) is 17.2 Å². The molecule has 198 valence electrons. The fraction of sp³-hybridized carbons (Fsp3) is 0.241. The van der Waals surface area contributed by atoms with E-state index in [-0.39, 0.29) is 18.7 Å². The Hall–Kier alpha value is -3.17. The first-order valence-corrected chi connectivity index (χ1v) is 13.5. The van der Waals surface area contributed by atoms with Gasteiger partial charge < -0.3 is 15.7 Å². The molecule has 0 saturated heterocycles. The molecule has 0 radical (unpaired) electrons. The van der Waals surface area contributed by atoms with E-state index in [0.29, 0.717) is 27.7 Å². The summed E-state index contributed by atoms with van der Waals surface area (Å²) in [6.45, 7) is 2.76. The average Bonchev–Trinajstić information content (AvgIpc) is 3.38. The number of nitrogens with one attached hydrogen (secondary N) is 2. The van der Waals surface area contributed by atoms with Crippen LogP contribution in [-0.2, 0) is 19.4 Å². The van der Waals surface area contributed by atoms with Gasteiger partial charge in [0.15, 0.2) is 0 Å². The standard InChI is InChI=1S/C29H28ClF2N3O2S/c1-2-18-6-5-7-19(10-18)15-33-16-27(36)25(13-20-11-21(31)14-22(32)12-20)34-28(37)26-17-38-29(35-26)23-8-3-4-9-24(23)30/h3-12,14,17,25,27,33,36H,2,13,15-16H2,1H3,(H,34,37)/t25-,27+/m1/s1. The lowest BCUT2D eigenvalue weighted by atomic mass is 10.00. The molecule has 1 aromatic heterocycles. The number of halogens is 3.